The van der Waals surface area contributed by atoms with Crippen molar-refractivity contribution in [2.24, 2.45) is 23.0 Å². The highest BCUT2D eigenvalue weighted by Crippen LogP contribution is 2.51. The molecule has 1 aliphatic carbocycles. The van der Waals surface area contributed by atoms with Crippen LogP contribution in [-0.4, -0.2) is 11.7 Å². The molecule has 3 heteroatoms. The van der Waals surface area contributed by atoms with E-state index in [-0.39, 0.29) is 28.9 Å². The predicted octanol–water partition coefficient (Wildman–Crippen LogP) is 0.723. The summed E-state index contributed by atoms with van der Waals surface area (Å²) >= 11 is 0. The summed E-state index contributed by atoms with van der Waals surface area (Å²) in [4.78, 5) is 21.9. The number of carbonyl (C=O) groups is 2. The van der Waals surface area contributed by atoms with Crippen LogP contribution in [0.1, 0.15) is 27.2 Å². The molecule has 2 atom stereocenters. The lowest BCUT2D eigenvalue weighted by Crippen LogP contribution is -2.53. The second kappa shape index (κ2) is 2.57. The monoisotopic (exact) mass is 169 g/mol. The zero-order valence-electron chi connectivity index (χ0n) is 7.76. The van der Waals surface area contributed by atoms with Gasteiger partial charge in [0.2, 0.25) is 5.91 Å². The van der Waals surface area contributed by atoms with Crippen LogP contribution in [0.15, 0.2) is 0 Å². The summed E-state index contributed by atoms with van der Waals surface area (Å²) < 4.78 is 0. The average molecular weight is 169 g/mol. The minimum absolute atomic E-state index is 0.0231. The standard InChI is InChI=1S/C9H15NO2/c1-5(11)6-4-7(8(10)12)9(6,2)3/h6-7H,4H2,1-3H3,(H2,10,12)/t6-,7+/m1/s1. The molecule has 68 valence electrons. The van der Waals surface area contributed by atoms with Crippen molar-refractivity contribution in [3.05, 3.63) is 0 Å². The fourth-order valence-corrected chi connectivity index (χ4v) is 2.10. The Bertz CT molecular complexity index is 211. The first-order chi connectivity index (χ1) is 5.37. The highest BCUT2D eigenvalue weighted by molar-refractivity contribution is 5.86. The van der Waals surface area contributed by atoms with Crippen LogP contribution in [-0.2, 0) is 9.59 Å². The molecule has 1 rings (SSSR count). The van der Waals surface area contributed by atoms with Gasteiger partial charge in [0.05, 0.1) is 0 Å². The largest absolute Gasteiger partial charge is 0.369 e. The molecule has 0 heterocycles. The lowest BCUT2D eigenvalue weighted by Gasteiger charge is -2.49. The van der Waals surface area contributed by atoms with Crippen LogP contribution >= 0.6 is 0 Å². The summed E-state index contributed by atoms with van der Waals surface area (Å²) in [6.45, 7) is 5.43. The van der Waals surface area contributed by atoms with Crippen molar-refractivity contribution in [1.82, 2.24) is 0 Å². The molecule has 12 heavy (non-hydrogen) atoms. The third-order valence-corrected chi connectivity index (χ3v) is 3.10. The molecule has 0 aliphatic heterocycles. The molecular formula is C9H15NO2. The number of rotatable bonds is 2. The van der Waals surface area contributed by atoms with Gasteiger partial charge in [-0.05, 0) is 18.8 Å². The van der Waals surface area contributed by atoms with Crippen molar-refractivity contribution in [1.29, 1.82) is 0 Å². The summed E-state index contributed by atoms with van der Waals surface area (Å²) in [5.41, 5.74) is 4.96. The van der Waals surface area contributed by atoms with E-state index in [0.717, 1.165) is 0 Å². The number of hydrogen-bond donors (Lipinski definition) is 1. The third kappa shape index (κ3) is 1.13. The Morgan fingerprint density at radius 2 is 1.83 bits per heavy atom. The summed E-state index contributed by atoms with van der Waals surface area (Å²) in [6.07, 6.45) is 0.637. The smallest absolute Gasteiger partial charge is 0.221 e. The molecule has 1 aliphatic rings. The van der Waals surface area contributed by atoms with Crippen LogP contribution < -0.4 is 5.73 Å². The van der Waals surface area contributed by atoms with Crippen molar-refractivity contribution in [2.75, 3.05) is 0 Å². The predicted molar refractivity (Wildman–Crippen MR) is 45.3 cm³/mol. The minimum Gasteiger partial charge on any atom is -0.369 e. The Hall–Kier alpha value is -0.860. The van der Waals surface area contributed by atoms with E-state index in [9.17, 15) is 9.59 Å². The maximum absolute atomic E-state index is 11.1. The highest BCUT2D eigenvalue weighted by Gasteiger charge is 2.52. The number of primary amides is 1. The van der Waals surface area contributed by atoms with Crippen LogP contribution in [0.5, 0.6) is 0 Å². The van der Waals surface area contributed by atoms with Gasteiger partial charge < -0.3 is 5.73 Å². The van der Waals surface area contributed by atoms with Gasteiger partial charge in [-0.2, -0.15) is 0 Å². The summed E-state index contributed by atoms with van der Waals surface area (Å²) in [5, 5.41) is 0. The van der Waals surface area contributed by atoms with Crippen molar-refractivity contribution >= 4 is 11.7 Å². The maximum atomic E-state index is 11.1. The van der Waals surface area contributed by atoms with Crippen LogP contribution in [0.4, 0.5) is 0 Å². The van der Waals surface area contributed by atoms with Gasteiger partial charge in [-0.3, -0.25) is 9.59 Å². The molecule has 0 bridgehead atoms. The molecule has 1 amide bonds. The fourth-order valence-electron chi connectivity index (χ4n) is 2.10. The van der Waals surface area contributed by atoms with Gasteiger partial charge in [0, 0.05) is 11.8 Å². The van der Waals surface area contributed by atoms with Crippen LogP contribution in [0.2, 0.25) is 0 Å². The number of nitrogens with two attached hydrogens (primary N) is 1. The van der Waals surface area contributed by atoms with E-state index in [1.165, 1.54) is 0 Å². The van der Waals surface area contributed by atoms with Gasteiger partial charge >= 0.3 is 0 Å². The molecule has 0 aromatic heterocycles. The van der Waals surface area contributed by atoms with Crippen molar-refractivity contribution in [3.63, 3.8) is 0 Å². The number of ketones is 1. The Kier molecular flexibility index (Phi) is 1.98. The fraction of sp³-hybridized carbons (Fsp3) is 0.778. The van der Waals surface area contributed by atoms with Crippen molar-refractivity contribution in [3.8, 4) is 0 Å². The van der Waals surface area contributed by atoms with E-state index >= 15 is 0 Å². The molecule has 0 radical (unpaired) electrons. The molecular weight excluding hydrogens is 154 g/mol. The van der Waals surface area contributed by atoms with Gasteiger partial charge in [-0.25, -0.2) is 0 Å². The molecule has 1 fully saturated rings. The van der Waals surface area contributed by atoms with E-state index < -0.39 is 0 Å². The van der Waals surface area contributed by atoms with E-state index in [1.807, 2.05) is 13.8 Å². The number of carbonyl (C=O) groups excluding carboxylic acids is 2. The summed E-state index contributed by atoms with van der Waals surface area (Å²) in [6, 6.07) is 0. The number of hydrogen-bond acceptors (Lipinski definition) is 2. The summed E-state index contributed by atoms with van der Waals surface area (Å²) in [5.74, 6) is -0.212. The summed E-state index contributed by atoms with van der Waals surface area (Å²) in [7, 11) is 0. The zero-order chi connectivity index (χ0) is 9.52. The quantitative estimate of drug-likeness (QED) is 0.662. The number of amides is 1. The molecule has 2 N–H and O–H groups in total. The van der Waals surface area contributed by atoms with Crippen LogP contribution in [0.25, 0.3) is 0 Å². The SMILES string of the molecule is CC(=O)[C@H]1C[C@@H](C(N)=O)C1(C)C. The first-order valence-corrected chi connectivity index (χ1v) is 4.17. The van der Waals surface area contributed by atoms with Gasteiger partial charge in [0.15, 0.2) is 0 Å². The zero-order valence-corrected chi connectivity index (χ0v) is 7.76. The van der Waals surface area contributed by atoms with Gasteiger partial charge in [-0.1, -0.05) is 13.8 Å². The van der Waals surface area contributed by atoms with Crippen LogP contribution in [0.3, 0.4) is 0 Å². The van der Waals surface area contributed by atoms with Gasteiger partial charge in [0.25, 0.3) is 0 Å². The second-order valence-corrected chi connectivity index (χ2v) is 4.18. The Morgan fingerprint density at radius 3 is 2.08 bits per heavy atom. The first-order valence-electron chi connectivity index (χ1n) is 4.17. The lowest BCUT2D eigenvalue weighted by molar-refractivity contribution is -0.146. The minimum atomic E-state index is -0.280. The average Bonchev–Trinajstić information content (AvgIpc) is 1.83. The lowest BCUT2D eigenvalue weighted by atomic mass is 9.53. The van der Waals surface area contributed by atoms with Crippen molar-refractivity contribution < 1.29 is 9.59 Å². The first kappa shape index (κ1) is 9.23. The Labute approximate surface area is 72.3 Å². The maximum Gasteiger partial charge on any atom is 0.221 e. The molecule has 0 spiro atoms. The topological polar surface area (TPSA) is 60.2 Å². The molecule has 0 aromatic rings. The second-order valence-electron chi connectivity index (χ2n) is 4.18. The Balaban J connectivity index is 2.72. The Morgan fingerprint density at radius 1 is 1.33 bits per heavy atom. The van der Waals surface area contributed by atoms with E-state index in [2.05, 4.69) is 0 Å². The van der Waals surface area contributed by atoms with E-state index in [1.54, 1.807) is 6.92 Å². The van der Waals surface area contributed by atoms with E-state index in [4.69, 9.17) is 5.73 Å². The molecule has 1 saturated carbocycles. The van der Waals surface area contributed by atoms with Crippen molar-refractivity contribution in [2.45, 2.75) is 27.2 Å². The van der Waals surface area contributed by atoms with Gasteiger partial charge in [0.1, 0.15) is 5.78 Å². The number of Topliss-reactive ketones (excluding diaryl/α,β-unsaturated/α-hetero) is 1. The third-order valence-electron chi connectivity index (χ3n) is 3.10. The van der Waals surface area contributed by atoms with Gasteiger partial charge in [-0.15, -0.1) is 0 Å². The van der Waals surface area contributed by atoms with E-state index in [0.29, 0.717) is 6.42 Å². The molecule has 0 unspecified atom stereocenters. The van der Waals surface area contributed by atoms with Crippen LogP contribution in [0, 0.1) is 17.3 Å². The normalized spacial score (nSPS) is 32.2. The molecule has 0 saturated heterocycles. The highest BCUT2D eigenvalue weighted by atomic mass is 16.1. The molecule has 0 aromatic carbocycles. The molecule has 3 nitrogen and oxygen atoms in total.